The van der Waals surface area contributed by atoms with Gasteiger partial charge in [0.2, 0.25) is 0 Å². The van der Waals surface area contributed by atoms with E-state index in [4.69, 9.17) is 0 Å². The number of rotatable bonds is 3. The third-order valence-electron chi connectivity index (χ3n) is 1.30. The van der Waals surface area contributed by atoms with Gasteiger partial charge in [-0.3, -0.25) is 0 Å². The van der Waals surface area contributed by atoms with Crippen molar-refractivity contribution in [1.82, 2.24) is 4.90 Å². The topological polar surface area (TPSA) is 3.24 Å². The number of halogens is 1. The van der Waals surface area contributed by atoms with E-state index in [1.54, 1.807) is 0 Å². The predicted molar refractivity (Wildman–Crippen MR) is 45.6 cm³/mol. The maximum absolute atomic E-state index is 3.45. The van der Waals surface area contributed by atoms with Gasteiger partial charge in [0.1, 0.15) is 0 Å². The molecule has 0 aromatic carbocycles. The average Bonchev–Trinajstić information content (AvgIpc) is 1.90. The Balaban J connectivity index is 3.79. The average molecular weight is 192 g/mol. The smallest absolute Gasteiger partial charge is 0.0762 e. The second-order valence-corrected chi connectivity index (χ2v) is 2.60. The summed E-state index contributed by atoms with van der Waals surface area (Å²) < 4.78 is 1.19. The van der Waals surface area contributed by atoms with Crippen molar-refractivity contribution in [3.63, 3.8) is 0 Å². The zero-order valence-electron chi connectivity index (χ0n) is 6.32. The standard InChI is InChI=1S/C7H14BrN/c1-4-7(8)9(5-2)6-3/h4H,5-6H2,1-3H3/b7-4+. The molecular formula is C7H14BrN. The highest BCUT2D eigenvalue weighted by Gasteiger charge is 1.97. The van der Waals surface area contributed by atoms with Gasteiger partial charge in [0.15, 0.2) is 0 Å². The molecule has 0 radical (unpaired) electrons. The highest BCUT2D eigenvalue weighted by molar-refractivity contribution is 9.11. The van der Waals surface area contributed by atoms with E-state index in [9.17, 15) is 0 Å². The van der Waals surface area contributed by atoms with Gasteiger partial charge in [0.25, 0.3) is 0 Å². The van der Waals surface area contributed by atoms with Gasteiger partial charge in [-0.15, -0.1) is 0 Å². The fourth-order valence-corrected chi connectivity index (χ4v) is 1.21. The molecule has 54 valence electrons. The van der Waals surface area contributed by atoms with Gasteiger partial charge >= 0.3 is 0 Å². The second kappa shape index (κ2) is 4.86. The van der Waals surface area contributed by atoms with Crippen molar-refractivity contribution in [2.45, 2.75) is 20.8 Å². The van der Waals surface area contributed by atoms with E-state index in [0.717, 1.165) is 13.1 Å². The van der Waals surface area contributed by atoms with E-state index in [2.05, 4.69) is 40.8 Å². The first kappa shape index (κ1) is 9.02. The summed E-state index contributed by atoms with van der Waals surface area (Å²) in [6.45, 7) is 8.47. The van der Waals surface area contributed by atoms with Crippen LogP contribution in [0.2, 0.25) is 0 Å². The van der Waals surface area contributed by atoms with Crippen LogP contribution in [-0.4, -0.2) is 18.0 Å². The summed E-state index contributed by atoms with van der Waals surface area (Å²) in [6.07, 6.45) is 2.06. The van der Waals surface area contributed by atoms with E-state index in [1.165, 1.54) is 4.61 Å². The van der Waals surface area contributed by atoms with E-state index in [1.807, 2.05) is 6.92 Å². The Bertz CT molecular complexity index is 95.1. The SMILES string of the molecule is C/C=C(\Br)N(CC)CC. The molecule has 0 bridgehead atoms. The largest absolute Gasteiger partial charge is 0.367 e. The molecule has 0 spiro atoms. The van der Waals surface area contributed by atoms with Gasteiger partial charge < -0.3 is 4.90 Å². The molecule has 0 atom stereocenters. The Labute approximate surface area is 65.9 Å². The van der Waals surface area contributed by atoms with Gasteiger partial charge in [-0.1, -0.05) is 6.08 Å². The minimum absolute atomic E-state index is 1.07. The van der Waals surface area contributed by atoms with Crippen molar-refractivity contribution in [2.24, 2.45) is 0 Å². The van der Waals surface area contributed by atoms with Crippen LogP contribution in [0.15, 0.2) is 10.7 Å². The second-order valence-electron chi connectivity index (χ2n) is 1.78. The van der Waals surface area contributed by atoms with Crippen molar-refractivity contribution in [3.05, 3.63) is 10.7 Å². The number of nitrogens with zero attached hydrogens (tertiary/aromatic N) is 1. The molecule has 1 nitrogen and oxygen atoms in total. The molecule has 0 heterocycles. The molecule has 0 aromatic heterocycles. The third-order valence-corrected chi connectivity index (χ3v) is 2.26. The molecule has 0 aromatic rings. The first-order chi connectivity index (χ1) is 4.26. The van der Waals surface area contributed by atoms with Crippen LogP contribution >= 0.6 is 15.9 Å². The van der Waals surface area contributed by atoms with Crippen LogP contribution in [0.1, 0.15) is 20.8 Å². The first-order valence-corrected chi connectivity index (χ1v) is 4.12. The molecule has 2 heteroatoms. The maximum atomic E-state index is 3.45. The van der Waals surface area contributed by atoms with Gasteiger partial charge in [0.05, 0.1) is 4.61 Å². The molecule has 0 unspecified atom stereocenters. The molecule has 0 fully saturated rings. The van der Waals surface area contributed by atoms with Crippen LogP contribution < -0.4 is 0 Å². The van der Waals surface area contributed by atoms with Gasteiger partial charge in [-0.05, 0) is 36.7 Å². The Morgan fingerprint density at radius 1 is 1.44 bits per heavy atom. The lowest BCUT2D eigenvalue weighted by Crippen LogP contribution is -2.18. The summed E-state index contributed by atoms with van der Waals surface area (Å²) in [5.41, 5.74) is 0. The van der Waals surface area contributed by atoms with Crippen molar-refractivity contribution >= 4 is 15.9 Å². The number of hydrogen-bond donors (Lipinski definition) is 0. The molecule has 0 aliphatic carbocycles. The van der Waals surface area contributed by atoms with Crippen molar-refractivity contribution in [3.8, 4) is 0 Å². The van der Waals surface area contributed by atoms with Gasteiger partial charge in [-0.25, -0.2) is 0 Å². The van der Waals surface area contributed by atoms with E-state index in [0.29, 0.717) is 0 Å². The summed E-state index contributed by atoms with van der Waals surface area (Å²) in [6, 6.07) is 0. The number of hydrogen-bond acceptors (Lipinski definition) is 1. The Hall–Kier alpha value is 0.0200. The molecule has 0 saturated carbocycles. The van der Waals surface area contributed by atoms with Crippen molar-refractivity contribution in [2.75, 3.05) is 13.1 Å². The monoisotopic (exact) mass is 191 g/mol. The Morgan fingerprint density at radius 2 is 1.89 bits per heavy atom. The molecule has 0 rings (SSSR count). The zero-order valence-corrected chi connectivity index (χ0v) is 7.90. The van der Waals surface area contributed by atoms with Crippen LogP contribution in [0.5, 0.6) is 0 Å². The Morgan fingerprint density at radius 3 is 2.00 bits per heavy atom. The van der Waals surface area contributed by atoms with Crippen LogP contribution in [0.25, 0.3) is 0 Å². The van der Waals surface area contributed by atoms with E-state index >= 15 is 0 Å². The first-order valence-electron chi connectivity index (χ1n) is 3.33. The highest BCUT2D eigenvalue weighted by atomic mass is 79.9. The summed E-state index contributed by atoms with van der Waals surface area (Å²) in [7, 11) is 0. The van der Waals surface area contributed by atoms with Crippen LogP contribution in [0.4, 0.5) is 0 Å². The highest BCUT2D eigenvalue weighted by Crippen LogP contribution is 2.09. The minimum atomic E-state index is 1.07. The van der Waals surface area contributed by atoms with E-state index in [-0.39, 0.29) is 0 Å². The summed E-state index contributed by atoms with van der Waals surface area (Å²) >= 11 is 3.45. The van der Waals surface area contributed by atoms with Crippen LogP contribution in [0.3, 0.4) is 0 Å². The molecule has 0 N–H and O–H groups in total. The van der Waals surface area contributed by atoms with Crippen LogP contribution in [-0.2, 0) is 0 Å². The summed E-state index contributed by atoms with van der Waals surface area (Å²) in [5, 5.41) is 0. The molecule has 9 heavy (non-hydrogen) atoms. The number of allylic oxidation sites excluding steroid dienone is 1. The Kier molecular flexibility index (Phi) is 4.87. The fourth-order valence-electron chi connectivity index (χ4n) is 0.708. The zero-order chi connectivity index (χ0) is 7.28. The fraction of sp³-hybridized carbons (Fsp3) is 0.714. The summed E-state index contributed by atoms with van der Waals surface area (Å²) in [4.78, 5) is 2.25. The maximum Gasteiger partial charge on any atom is 0.0762 e. The molecule has 0 amide bonds. The third kappa shape index (κ3) is 2.89. The van der Waals surface area contributed by atoms with Crippen molar-refractivity contribution in [1.29, 1.82) is 0 Å². The molecular weight excluding hydrogens is 178 g/mol. The quantitative estimate of drug-likeness (QED) is 0.621. The lowest BCUT2D eigenvalue weighted by atomic mass is 10.5. The summed E-state index contributed by atoms with van der Waals surface area (Å²) in [5.74, 6) is 0. The molecule has 0 aliphatic rings. The lowest BCUT2D eigenvalue weighted by molar-refractivity contribution is 0.410. The lowest BCUT2D eigenvalue weighted by Gasteiger charge is -2.19. The molecule has 0 saturated heterocycles. The van der Waals surface area contributed by atoms with E-state index < -0.39 is 0 Å². The minimum Gasteiger partial charge on any atom is -0.367 e. The predicted octanol–water partition coefficient (Wildman–Crippen LogP) is 2.58. The normalized spacial score (nSPS) is 11.8. The van der Waals surface area contributed by atoms with Crippen molar-refractivity contribution < 1.29 is 0 Å². The van der Waals surface area contributed by atoms with Crippen LogP contribution in [0, 0.1) is 0 Å². The molecule has 0 aliphatic heterocycles. The van der Waals surface area contributed by atoms with Gasteiger partial charge in [-0.2, -0.15) is 0 Å². The van der Waals surface area contributed by atoms with Gasteiger partial charge in [0, 0.05) is 13.1 Å².